The lowest BCUT2D eigenvalue weighted by Crippen LogP contribution is -2.37. The number of ether oxygens (including phenoxy) is 2. The van der Waals surface area contributed by atoms with Crippen LogP contribution in [-0.4, -0.2) is 81.2 Å². The van der Waals surface area contributed by atoms with E-state index >= 15 is 0 Å². The van der Waals surface area contributed by atoms with Gasteiger partial charge in [0.25, 0.3) is 7.82 Å². The molecule has 1 N–H and O–H groups in total. The smallest absolute Gasteiger partial charge is 0.306 e. The molecule has 1 unspecified atom stereocenters. The number of carbonyl (C=O) groups excluding carboxylic acids is 2. The standard InChI is InChI=1S/C42H74NO9P/c1-6-7-8-9-10-11-17-21-24-27-30-33-41(45)49-37-40(38-51-53(47,48)50-36-35-43(3,4)5)52-42(46)34-31-28-25-22-19-16-14-12-13-15-18-20-23-26-29-32-39(2)44/h9-10,13-16,20,22-23,25,39-40,44H,6-8,11-12,17-19,21,24,26-38H2,1-5H3/b10-9-,15-13-,16-14-,23-20-,25-22-/t39-,40+/m0/s1. The van der Waals surface area contributed by atoms with Crippen LogP contribution in [0.4, 0.5) is 0 Å². The van der Waals surface area contributed by atoms with Gasteiger partial charge in [0.05, 0.1) is 33.9 Å². The highest BCUT2D eigenvalue weighted by atomic mass is 31.2. The van der Waals surface area contributed by atoms with Gasteiger partial charge in [0, 0.05) is 12.8 Å². The average Bonchev–Trinajstić information content (AvgIpc) is 3.08. The number of aliphatic hydroxyl groups is 1. The van der Waals surface area contributed by atoms with E-state index in [-0.39, 0.29) is 32.2 Å². The number of phosphoric acid groups is 1. The molecule has 0 bridgehead atoms. The van der Waals surface area contributed by atoms with Crippen LogP contribution >= 0.6 is 7.82 Å². The van der Waals surface area contributed by atoms with Gasteiger partial charge in [-0.05, 0) is 84.0 Å². The molecule has 0 heterocycles. The van der Waals surface area contributed by atoms with Crippen molar-refractivity contribution in [3.05, 3.63) is 60.8 Å². The summed E-state index contributed by atoms with van der Waals surface area (Å²) < 4.78 is 33.7. The van der Waals surface area contributed by atoms with Crippen molar-refractivity contribution in [3.63, 3.8) is 0 Å². The van der Waals surface area contributed by atoms with Crippen molar-refractivity contribution in [1.29, 1.82) is 0 Å². The number of hydrogen-bond acceptors (Lipinski definition) is 9. The van der Waals surface area contributed by atoms with Crippen LogP contribution in [0.15, 0.2) is 60.8 Å². The van der Waals surface area contributed by atoms with Gasteiger partial charge in [0.15, 0.2) is 6.10 Å². The molecular weight excluding hydrogens is 693 g/mol. The van der Waals surface area contributed by atoms with Gasteiger partial charge >= 0.3 is 11.9 Å². The number of nitrogens with zero attached hydrogens (tertiary/aromatic N) is 1. The van der Waals surface area contributed by atoms with Gasteiger partial charge in [-0.2, -0.15) is 0 Å². The largest absolute Gasteiger partial charge is 0.756 e. The SMILES string of the molecule is CCCC/C=C\CCCCCCCC(=O)OC[C@H](COP(=O)([O-])OCC[N+](C)(C)C)OC(=O)CCC/C=C\C/C=C\C/C=C\C/C=C\CCC[C@H](C)O. The van der Waals surface area contributed by atoms with Gasteiger partial charge in [0.2, 0.25) is 0 Å². The van der Waals surface area contributed by atoms with Crippen molar-refractivity contribution in [1.82, 2.24) is 0 Å². The minimum atomic E-state index is -4.65. The van der Waals surface area contributed by atoms with E-state index in [1.807, 2.05) is 34.1 Å². The number of esters is 2. The monoisotopic (exact) mass is 768 g/mol. The summed E-state index contributed by atoms with van der Waals surface area (Å²) in [5.41, 5.74) is 0. The summed E-state index contributed by atoms with van der Waals surface area (Å²) in [5, 5.41) is 9.26. The van der Waals surface area contributed by atoms with Gasteiger partial charge in [0.1, 0.15) is 19.8 Å². The molecule has 0 radical (unpaired) electrons. The second-order valence-corrected chi connectivity index (χ2v) is 16.0. The van der Waals surface area contributed by atoms with Crippen LogP contribution in [0.3, 0.4) is 0 Å². The lowest BCUT2D eigenvalue weighted by Gasteiger charge is -2.28. The first-order chi connectivity index (χ1) is 25.3. The lowest BCUT2D eigenvalue weighted by molar-refractivity contribution is -0.870. The van der Waals surface area contributed by atoms with E-state index in [1.54, 1.807) is 0 Å². The van der Waals surface area contributed by atoms with Gasteiger partial charge in [-0.1, -0.05) is 99.8 Å². The summed E-state index contributed by atoms with van der Waals surface area (Å²) in [6, 6.07) is 0. The predicted octanol–water partition coefficient (Wildman–Crippen LogP) is 9.24. The molecule has 0 aromatic rings. The van der Waals surface area contributed by atoms with E-state index < -0.39 is 32.5 Å². The Balaban J connectivity index is 4.53. The van der Waals surface area contributed by atoms with Crippen LogP contribution in [-0.2, 0) is 32.7 Å². The first-order valence-electron chi connectivity index (χ1n) is 20.0. The quantitative estimate of drug-likeness (QED) is 0.0220. The molecule has 0 spiro atoms. The molecule has 0 aliphatic rings. The molecule has 3 atom stereocenters. The predicted molar refractivity (Wildman–Crippen MR) is 214 cm³/mol. The topological polar surface area (TPSA) is 131 Å². The number of likely N-dealkylation sites (N-methyl/N-ethyl adjacent to an activating group) is 1. The molecule has 0 aromatic carbocycles. The Bertz CT molecular complexity index is 1110. The normalized spacial score (nSPS) is 14.9. The molecule has 0 fully saturated rings. The lowest BCUT2D eigenvalue weighted by atomic mass is 10.1. The van der Waals surface area contributed by atoms with E-state index in [0.717, 1.165) is 77.0 Å². The second kappa shape index (κ2) is 34.2. The van der Waals surface area contributed by atoms with Gasteiger partial charge < -0.3 is 33.0 Å². The Kier molecular flexibility index (Phi) is 32.7. The van der Waals surface area contributed by atoms with Crippen LogP contribution in [0, 0.1) is 0 Å². The number of unbranched alkanes of at least 4 members (excludes halogenated alkanes) is 9. The van der Waals surface area contributed by atoms with E-state index in [1.165, 1.54) is 12.8 Å². The van der Waals surface area contributed by atoms with Crippen LogP contribution in [0.5, 0.6) is 0 Å². The molecule has 10 nitrogen and oxygen atoms in total. The molecule has 0 saturated heterocycles. The summed E-state index contributed by atoms with van der Waals surface area (Å²) in [6.45, 7) is 3.62. The minimum absolute atomic E-state index is 0.0507. The third kappa shape index (κ3) is 39.2. The van der Waals surface area contributed by atoms with Crippen molar-refractivity contribution in [2.75, 3.05) is 47.5 Å². The zero-order valence-corrected chi connectivity index (χ0v) is 34.7. The molecule has 0 rings (SSSR count). The fourth-order valence-electron chi connectivity index (χ4n) is 4.82. The summed E-state index contributed by atoms with van der Waals surface area (Å²) >= 11 is 0. The Morgan fingerprint density at radius 3 is 1.79 bits per heavy atom. The Hall–Kier alpha value is -2.33. The van der Waals surface area contributed by atoms with Crippen LogP contribution in [0.2, 0.25) is 0 Å². The highest BCUT2D eigenvalue weighted by Gasteiger charge is 2.21. The Labute approximate surface area is 322 Å². The van der Waals surface area contributed by atoms with E-state index in [2.05, 4.69) is 61.6 Å². The van der Waals surface area contributed by atoms with E-state index in [9.17, 15) is 24.2 Å². The maximum absolute atomic E-state index is 12.6. The van der Waals surface area contributed by atoms with Crippen LogP contribution < -0.4 is 4.89 Å². The van der Waals surface area contributed by atoms with Gasteiger partial charge in [-0.15, -0.1) is 0 Å². The number of quaternary nitrogens is 1. The van der Waals surface area contributed by atoms with Gasteiger partial charge in [-0.25, -0.2) is 0 Å². The molecule has 0 amide bonds. The number of rotatable bonds is 35. The number of hydrogen-bond donors (Lipinski definition) is 1. The number of carbonyl (C=O) groups is 2. The number of phosphoric ester groups is 1. The fourth-order valence-corrected chi connectivity index (χ4v) is 5.55. The molecule has 11 heteroatoms. The van der Waals surface area contributed by atoms with Crippen LogP contribution in [0.1, 0.15) is 136 Å². The third-order valence-electron chi connectivity index (χ3n) is 8.03. The number of aliphatic hydroxyl groups excluding tert-OH is 1. The molecular formula is C42H74NO9P. The number of allylic oxidation sites excluding steroid dienone is 10. The van der Waals surface area contributed by atoms with Crippen molar-refractivity contribution >= 4 is 19.8 Å². The molecule has 0 saturated carbocycles. The summed E-state index contributed by atoms with van der Waals surface area (Å²) in [4.78, 5) is 37.3. The van der Waals surface area contributed by atoms with Crippen LogP contribution in [0.25, 0.3) is 0 Å². The Morgan fingerprint density at radius 1 is 0.679 bits per heavy atom. The zero-order chi connectivity index (χ0) is 39.5. The minimum Gasteiger partial charge on any atom is -0.756 e. The zero-order valence-electron chi connectivity index (χ0n) is 33.8. The summed E-state index contributed by atoms with van der Waals surface area (Å²) in [5.74, 6) is -0.936. The highest BCUT2D eigenvalue weighted by Crippen LogP contribution is 2.38. The molecule has 53 heavy (non-hydrogen) atoms. The van der Waals surface area contributed by atoms with Crippen molar-refractivity contribution < 1.29 is 47.2 Å². The van der Waals surface area contributed by atoms with E-state index in [4.69, 9.17) is 18.5 Å². The maximum atomic E-state index is 12.6. The van der Waals surface area contributed by atoms with Gasteiger partial charge in [-0.3, -0.25) is 14.2 Å². The molecule has 306 valence electrons. The summed E-state index contributed by atoms with van der Waals surface area (Å²) in [7, 11) is 1.09. The van der Waals surface area contributed by atoms with E-state index in [0.29, 0.717) is 30.3 Å². The maximum Gasteiger partial charge on any atom is 0.306 e. The van der Waals surface area contributed by atoms with Crippen molar-refractivity contribution in [2.24, 2.45) is 0 Å². The highest BCUT2D eigenvalue weighted by molar-refractivity contribution is 7.45. The first-order valence-corrected chi connectivity index (χ1v) is 21.5. The molecule has 0 aliphatic heterocycles. The molecule has 0 aliphatic carbocycles. The Morgan fingerprint density at radius 2 is 1.19 bits per heavy atom. The molecule has 0 aromatic heterocycles. The third-order valence-corrected chi connectivity index (χ3v) is 8.99. The fraction of sp³-hybridized carbons (Fsp3) is 0.714. The summed E-state index contributed by atoms with van der Waals surface area (Å²) in [6.07, 6.45) is 36.8. The second-order valence-electron chi connectivity index (χ2n) is 14.6. The average molecular weight is 768 g/mol. The van der Waals surface area contributed by atoms with Crippen molar-refractivity contribution in [2.45, 2.75) is 148 Å². The van der Waals surface area contributed by atoms with Crippen molar-refractivity contribution in [3.8, 4) is 0 Å². The first kappa shape index (κ1) is 50.7.